The van der Waals surface area contributed by atoms with Gasteiger partial charge in [0, 0.05) is 25.6 Å². The summed E-state index contributed by atoms with van der Waals surface area (Å²) in [6.07, 6.45) is -0.236. The maximum absolute atomic E-state index is 9.81. The highest BCUT2D eigenvalue weighted by Gasteiger charge is 2.06. The predicted molar refractivity (Wildman–Crippen MR) is 87.0 cm³/mol. The first-order valence-corrected chi connectivity index (χ1v) is 7.94. The zero-order valence-corrected chi connectivity index (χ0v) is 13.9. The number of benzene rings is 1. The third kappa shape index (κ3) is 9.00. The molecule has 0 amide bonds. The lowest BCUT2D eigenvalue weighted by atomic mass is 10.2. The highest BCUT2D eigenvalue weighted by atomic mass is 16.6. The van der Waals surface area contributed by atoms with Crippen molar-refractivity contribution in [2.75, 3.05) is 26.4 Å². The van der Waals surface area contributed by atoms with E-state index in [4.69, 9.17) is 14.2 Å². The van der Waals surface area contributed by atoms with Gasteiger partial charge in [0.1, 0.15) is 5.75 Å². The van der Waals surface area contributed by atoms with Crippen molar-refractivity contribution in [2.45, 2.75) is 46.1 Å². The summed E-state index contributed by atoms with van der Waals surface area (Å²) in [5.74, 6) is 0.662. The van der Waals surface area contributed by atoms with Gasteiger partial charge in [-0.25, -0.2) is 0 Å². The Morgan fingerprint density at radius 1 is 1.09 bits per heavy atom. The fraction of sp³-hybridized carbons (Fsp3) is 0.647. The van der Waals surface area contributed by atoms with Crippen molar-refractivity contribution >= 4 is 0 Å². The second-order valence-electron chi connectivity index (χ2n) is 5.36. The smallest absolute Gasteiger partial charge is 0.198 e. The number of aliphatic hydroxyl groups is 1. The molecule has 5 heteroatoms. The molecule has 0 aliphatic heterocycles. The minimum Gasteiger partial charge on any atom is -0.465 e. The Morgan fingerprint density at radius 2 is 1.77 bits per heavy atom. The summed E-state index contributed by atoms with van der Waals surface area (Å²) in [4.78, 5) is 0. The maximum atomic E-state index is 9.81. The van der Waals surface area contributed by atoms with Gasteiger partial charge < -0.3 is 24.6 Å². The number of hydrogen-bond donors (Lipinski definition) is 2. The first-order valence-electron chi connectivity index (χ1n) is 7.94. The van der Waals surface area contributed by atoms with Crippen LogP contribution in [-0.4, -0.2) is 43.8 Å². The van der Waals surface area contributed by atoms with E-state index in [1.807, 2.05) is 31.2 Å². The molecule has 0 unspecified atom stereocenters. The van der Waals surface area contributed by atoms with Gasteiger partial charge in [0.2, 0.25) is 0 Å². The quantitative estimate of drug-likeness (QED) is 0.458. The zero-order chi connectivity index (χ0) is 16.2. The van der Waals surface area contributed by atoms with Crippen molar-refractivity contribution in [2.24, 2.45) is 0 Å². The van der Waals surface area contributed by atoms with E-state index in [1.54, 1.807) is 0 Å². The lowest BCUT2D eigenvalue weighted by Crippen LogP contribution is -2.28. The minimum atomic E-state index is -0.792. The Morgan fingerprint density at radius 3 is 2.41 bits per heavy atom. The lowest BCUT2D eigenvalue weighted by Gasteiger charge is -2.15. The van der Waals surface area contributed by atoms with Crippen LogP contribution < -0.4 is 10.1 Å². The van der Waals surface area contributed by atoms with Crippen LogP contribution in [0, 0.1) is 0 Å². The predicted octanol–water partition coefficient (Wildman–Crippen LogP) is 2.33. The third-order valence-corrected chi connectivity index (χ3v) is 2.98. The SMILES string of the molecule is CCOCCOCc1ccc(O[C@H](O)CCNC(C)C)cc1. The fourth-order valence-corrected chi connectivity index (χ4v) is 1.83. The van der Waals surface area contributed by atoms with E-state index < -0.39 is 6.29 Å². The molecule has 0 bridgehead atoms. The van der Waals surface area contributed by atoms with Crippen molar-refractivity contribution in [3.05, 3.63) is 29.8 Å². The van der Waals surface area contributed by atoms with Gasteiger partial charge in [-0.2, -0.15) is 0 Å². The minimum absolute atomic E-state index is 0.411. The molecular weight excluding hydrogens is 282 g/mol. The number of rotatable bonds is 12. The molecule has 1 rings (SSSR count). The molecule has 5 nitrogen and oxygen atoms in total. The Bertz CT molecular complexity index is 381. The molecule has 0 saturated carbocycles. The standard InChI is InChI=1S/C17H29NO4/c1-4-20-11-12-21-13-15-5-7-16(8-6-15)22-17(19)9-10-18-14(2)3/h5-8,14,17-19H,4,9-13H2,1-3H3/t17-/m0/s1. The van der Waals surface area contributed by atoms with Gasteiger partial charge in [0.05, 0.1) is 19.8 Å². The van der Waals surface area contributed by atoms with Crippen molar-refractivity contribution in [1.82, 2.24) is 5.32 Å². The van der Waals surface area contributed by atoms with E-state index in [2.05, 4.69) is 19.2 Å². The van der Waals surface area contributed by atoms with Crippen molar-refractivity contribution in [1.29, 1.82) is 0 Å². The van der Waals surface area contributed by atoms with E-state index >= 15 is 0 Å². The Hall–Kier alpha value is -1.14. The summed E-state index contributed by atoms with van der Waals surface area (Å²) in [6.45, 7) is 9.31. The van der Waals surface area contributed by atoms with Gasteiger partial charge in [-0.3, -0.25) is 0 Å². The van der Waals surface area contributed by atoms with Crippen molar-refractivity contribution in [3.8, 4) is 5.75 Å². The summed E-state index contributed by atoms with van der Waals surface area (Å²) in [5.41, 5.74) is 1.07. The van der Waals surface area contributed by atoms with Crippen LogP contribution in [0.4, 0.5) is 0 Å². The van der Waals surface area contributed by atoms with E-state index in [0.29, 0.717) is 44.6 Å². The summed E-state index contributed by atoms with van der Waals surface area (Å²) >= 11 is 0. The molecule has 0 spiro atoms. The Balaban J connectivity index is 2.23. The van der Waals surface area contributed by atoms with Gasteiger partial charge >= 0.3 is 0 Å². The molecule has 0 aromatic heterocycles. The zero-order valence-electron chi connectivity index (χ0n) is 13.9. The highest BCUT2D eigenvalue weighted by Crippen LogP contribution is 2.14. The highest BCUT2D eigenvalue weighted by molar-refractivity contribution is 5.26. The molecule has 0 fully saturated rings. The normalized spacial score (nSPS) is 12.6. The molecule has 0 heterocycles. The summed E-state index contributed by atoms with van der Waals surface area (Å²) in [7, 11) is 0. The molecule has 0 aliphatic rings. The first-order chi connectivity index (χ1) is 10.6. The fourth-order valence-electron chi connectivity index (χ4n) is 1.83. The molecule has 0 aliphatic carbocycles. The molecule has 1 aromatic rings. The van der Waals surface area contributed by atoms with Gasteiger partial charge in [-0.05, 0) is 24.6 Å². The van der Waals surface area contributed by atoms with Gasteiger partial charge in [-0.15, -0.1) is 0 Å². The molecular formula is C17H29NO4. The van der Waals surface area contributed by atoms with Crippen LogP contribution in [0.2, 0.25) is 0 Å². The topological polar surface area (TPSA) is 60.0 Å². The van der Waals surface area contributed by atoms with Gasteiger partial charge in [-0.1, -0.05) is 26.0 Å². The molecule has 0 radical (unpaired) electrons. The van der Waals surface area contributed by atoms with Crippen LogP contribution in [0.5, 0.6) is 5.75 Å². The van der Waals surface area contributed by atoms with E-state index in [0.717, 1.165) is 12.1 Å². The van der Waals surface area contributed by atoms with Crippen LogP contribution in [0.3, 0.4) is 0 Å². The number of aliphatic hydroxyl groups excluding tert-OH is 1. The van der Waals surface area contributed by atoms with Crippen LogP contribution in [0.15, 0.2) is 24.3 Å². The van der Waals surface area contributed by atoms with E-state index in [-0.39, 0.29) is 0 Å². The molecule has 1 atom stereocenters. The molecule has 1 aromatic carbocycles. The summed E-state index contributed by atoms with van der Waals surface area (Å²) in [5, 5.41) is 13.1. The van der Waals surface area contributed by atoms with Crippen LogP contribution >= 0.6 is 0 Å². The Labute approximate surface area is 133 Å². The number of nitrogens with one attached hydrogen (secondary N) is 1. The van der Waals surface area contributed by atoms with E-state index in [1.165, 1.54) is 0 Å². The van der Waals surface area contributed by atoms with Crippen LogP contribution in [0.25, 0.3) is 0 Å². The monoisotopic (exact) mass is 311 g/mol. The van der Waals surface area contributed by atoms with Crippen LogP contribution in [-0.2, 0) is 16.1 Å². The van der Waals surface area contributed by atoms with E-state index in [9.17, 15) is 5.11 Å². The maximum Gasteiger partial charge on any atom is 0.198 e. The average Bonchev–Trinajstić information content (AvgIpc) is 2.48. The first kappa shape index (κ1) is 18.9. The molecule has 126 valence electrons. The number of hydrogen-bond acceptors (Lipinski definition) is 5. The summed E-state index contributed by atoms with van der Waals surface area (Å²) in [6, 6.07) is 7.99. The average molecular weight is 311 g/mol. The lowest BCUT2D eigenvalue weighted by molar-refractivity contribution is -0.0226. The van der Waals surface area contributed by atoms with Gasteiger partial charge in [0.15, 0.2) is 6.29 Å². The second-order valence-corrected chi connectivity index (χ2v) is 5.36. The summed E-state index contributed by atoms with van der Waals surface area (Å²) < 4.78 is 16.2. The molecule has 2 N–H and O–H groups in total. The van der Waals surface area contributed by atoms with Crippen LogP contribution in [0.1, 0.15) is 32.8 Å². The largest absolute Gasteiger partial charge is 0.465 e. The van der Waals surface area contributed by atoms with Gasteiger partial charge in [0.25, 0.3) is 0 Å². The third-order valence-electron chi connectivity index (χ3n) is 2.98. The number of ether oxygens (including phenoxy) is 3. The Kier molecular flexibility index (Phi) is 9.82. The molecule has 0 saturated heterocycles. The van der Waals surface area contributed by atoms with Crippen molar-refractivity contribution in [3.63, 3.8) is 0 Å². The molecule has 22 heavy (non-hydrogen) atoms. The second kappa shape index (κ2) is 11.4. The van der Waals surface area contributed by atoms with Crippen molar-refractivity contribution < 1.29 is 19.3 Å².